The molecule has 0 spiro atoms. The van der Waals surface area contributed by atoms with E-state index in [1.54, 1.807) is 0 Å². The molecule has 5 nitrogen and oxygen atoms in total. The van der Waals surface area contributed by atoms with E-state index in [0.29, 0.717) is 0 Å². The van der Waals surface area contributed by atoms with Crippen molar-refractivity contribution >= 4 is 11.9 Å². The number of amides is 1. The van der Waals surface area contributed by atoms with Crippen molar-refractivity contribution in [2.24, 2.45) is 5.41 Å². The number of ether oxygens (including phenoxy) is 1. The minimum atomic E-state index is -1.23. The van der Waals surface area contributed by atoms with E-state index < -0.39 is 34.5 Å². The molecule has 1 aliphatic heterocycles. The van der Waals surface area contributed by atoms with E-state index in [0.717, 1.165) is 23.1 Å². The quantitative estimate of drug-likeness (QED) is 0.915. The predicted octanol–water partition coefficient (Wildman–Crippen LogP) is 1.53. The van der Waals surface area contributed by atoms with Gasteiger partial charge in [-0.1, -0.05) is 6.07 Å². The molecule has 0 radical (unpaired) electrons. The lowest BCUT2D eigenvalue weighted by Crippen LogP contribution is -2.40. The first kappa shape index (κ1) is 15.4. The summed E-state index contributed by atoms with van der Waals surface area (Å²) in [6, 6.07) is 3.15. The number of hydrogen-bond acceptors (Lipinski definition) is 3. The number of carboxylic acid groups (broad SMARTS) is 1. The van der Waals surface area contributed by atoms with Crippen molar-refractivity contribution in [3.8, 4) is 0 Å². The van der Waals surface area contributed by atoms with Gasteiger partial charge >= 0.3 is 5.97 Å². The van der Waals surface area contributed by atoms with E-state index in [9.17, 15) is 23.5 Å². The largest absolute Gasteiger partial charge is 0.481 e. The molecule has 0 aliphatic carbocycles. The van der Waals surface area contributed by atoms with Gasteiger partial charge in [-0.15, -0.1) is 0 Å². The van der Waals surface area contributed by atoms with Crippen LogP contribution in [0, 0.1) is 17.0 Å². The fourth-order valence-corrected chi connectivity index (χ4v) is 2.54. The molecule has 1 fully saturated rings. The zero-order chi connectivity index (χ0) is 15.6. The lowest BCUT2D eigenvalue weighted by Gasteiger charge is -2.24. The number of rotatable bonds is 4. The summed E-state index contributed by atoms with van der Waals surface area (Å²) in [7, 11) is 1.37. The van der Waals surface area contributed by atoms with Crippen LogP contribution < -0.4 is 0 Å². The van der Waals surface area contributed by atoms with Crippen LogP contribution in [0.1, 0.15) is 16.8 Å². The zero-order valence-electron chi connectivity index (χ0n) is 11.4. The number of carbonyl (C=O) groups is 2. The van der Waals surface area contributed by atoms with Gasteiger partial charge in [-0.25, -0.2) is 8.78 Å². The SMILES string of the molecule is COCC1(C(=O)O)CCN(C(=O)c2c(F)cccc2F)C1. The molecule has 1 unspecified atom stereocenters. The van der Waals surface area contributed by atoms with Gasteiger partial charge < -0.3 is 14.7 Å². The summed E-state index contributed by atoms with van der Waals surface area (Å²) in [6.45, 7) is -0.0864. The maximum atomic E-state index is 13.6. The van der Waals surface area contributed by atoms with Crippen LogP contribution >= 0.6 is 0 Å². The highest BCUT2D eigenvalue weighted by Gasteiger charge is 2.47. The van der Waals surface area contributed by atoms with Crippen LogP contribution in [0.15, 0.2) is 18.2 Å². The minimum absolute atomic E-state index is 0.0636. The molecule has 1 amide bonds. The van der Waals surface area contributed by atoms with Crippen molar-refractivity contribution in [3.05, 3.63) is 35.4 Å². The third-order valence-electron chi connectivity index (χ3n) is 3.69. The maximum Gasteiger partial charge on any atom is 0.313 e. The summed E-state index contributed by atoms with van der Waals surface area (Å²) in [4.78, 5) is 24.7. The molecule has 1 aromatic carbocycles. The number of carboxylic acids is 1. The second-order valence-corrected chi connectivity index (χ2v) is 5.09. The van der Waals surface area contributed by atoms with Crippen molar-refractivity contribution in [2.75, 3.05) is 26.8 Å². The highest BCUT2D eigenvalue weighted by molar-refractivity contribution is 5.95. The number of nitrogens with zero attached hydrogens (tertiary/aromatic N) is 1. The van der Waals surface area contributed by atoms with E-state index >= 15 is 0 Å². The van der Waals surface area contributed by atoms with E-state index in [4.69, 9.17) is 4.74 Å². The first-order valence-electron chi connectivity index (χ1n) is 6.37. The van der Waals surface area contributed by atoms with Crippen molar-refractivity contribution < 1.29 is 28.2 Å². The first-order valence-corrected chi connectivity index (χ1v) is 6.37. The van der Waals surface area contributed by atoms with Crippen LogP contribution in [0.5, 0.6) is 0 Å². The lowest BCUT2D eigenvalue weighted by molar-refractivity contribution is -0.151. The molecule has 21 heavy (non-hydrogen) atoms. The fourth-order valence-electron chi connectivity index (χ4n) is 2.54. The highest BCUT2D eigenvalue weighted by atomic mass is 19.1. The number of hydrogen-bond donors (Lipinski definition) is 1. The number of likely N-dealkylation sites (tertiary alicyclic amines) is 1. The first-order chi connectivity index (χ1) is 9.91. The van der Waals surface area contributed by atoms with Crippen LogP contribution in [0.3, 0.4) is 0 Å². The molecule has 0 bridgehead atoms. The van der Waals surface area contributed by atoms with E-state index in [1.165, 1.54) is 7.11 Å². The van der Waals surface area contributed by atoms with Gasteiger partial charge in [0.25, 0.3) is 5.91 Å². The lowest BCUT2D eigenvalue weighted by atomic mass is 9.88. The zero-order valence-corrected chi connectivity index (χ0v) is 11.4. The Morgan fingerprint density at radius 3 is 2.52 bits per heavy atom. The normalized spacial score (nSPS) is 21.6. The van der Waals surface area contributed by atoms with Gasteiger partial charge in [-0.3, -0.25) is 9.59 Å². The van der Waals surface area contributed by atoms with Crippen LogP contribution in [0.4, 0.5) is 8.78 Å². The summed E-state index contributed by atoms with van der Waals surface area (Å²) in [6.07, 6.45) is 0.179. The molecule has 2 rings (SSSR count). The molecule has 0 saturated carbocycles. The molecular formula is C14H15F2NO4. The van der Waals surface area contributed by atoms with Gasteiger partial charge in [0.15, 0.2) is 0 Å². The van der Waals surface area contributed by atoms with Crippen molar-refractivity contribution in [3.63, 3.8) is 0 Å². The molecule has 1 atom stereocenters. The van der Waals surface area contributed by atoms with Gasteiger partial charge in [0.2, 0.25) is 0 Å². The fraction of sp³-hybridized carbons (Fsp3) is 0.429. The number of carbonyl (C=O) groups excluding carboxylic acids is 1. The number of methoxy groups -OCH3 is 1. The average molecular weight is 299 g/mol. The van der Waals surface area contributed by atoms with Crippen molar-refractivity contribution in [1.82, 2.24) is 4.90 Å². The predicted molar refractivity (Wildman–Crippen MR) is 68.8 cm³/mol. The Morgan fingerprint density at radius 2 is 2.00 bits per heavy atom. The molecule has 1 aliphatic rings. The topological polar surface area (TPSA) is 66.8 Å². The van der Waals surface area contributed by atoms with Gasteiger partial charge in [0, 0.05) is 20.2 Å². The molecular weight excluding hydrogens is 284 g/mol. The summed E-state index contributed by atoms with van der Waals surface area (Å²) in [5, 5.41) is 9.31. The molecule has 1 saturated heterocycles. The van der Waals surface area contributed by atoms with Gasteiger partial charge in [0.1, 0.15) is 22.6 Å². The second-order valence-electron chi connectivity index (χ2n) is 5.09. The number of aliphatic carboxylic acids is 1. The Hall–Kier alpha value is -2.02. The molecule has 0 aromatic heterocycles. The Labute approximate surface area is 120 Å². The van der Waals surface area contributed by atoms with Crippen LogP contribution in [-0.4, -0.2) is 48.7 Å². The van der Waals surface area contributed by atoms with Crippen molar-refractivity contribution in [1.29, 1.82) is 0 Å². The third-order valence-corrected chi connectivity index (χ3v) is 3.69. The molecule has 1 aromatic rings. The Bertz CT molecular complexity index is 558. The summed E-state index contributed by atoms with van der Waals surface area (Å²) in [5.41, 5.74) is -1.89. The summed E-state index contributed by atoms with van der Waals surface area (Å²) < 4.78 is 32.2. The van der Waals surface area contributed by atoms with E-state index in [-0.39, 0.29) is 26.1 Å². The van der Waals surface area contributed by atoms with E-state index in [2.05, 4.69) is 0 Å². The second kappa shape index (κ2) is 5.77. The van der Waals surface area contributed by atoms with Gasteiger partial charge in [-0.05, 0) is 18.6 Å². The minimum Gasteiger partial charge on any atom is -0.481 e. The van der Waals surface area contributed by atoms with E-state index in [1.807, 2.05) is 0 Å². The van der Waals surface area contributed by atoms with Gasteiger partial charge in [0.05, 0.1) is 6.61 Å². The smallest absolute Gasteiger partial charge is 0.313 e. The Balaban J connectivity index is 2.25. The van der Waals surface area contributed by atoms with Crippen LogP contribution in [0.25, 0.3) is 0 Å². The third kappa shape index (κ3) is 2.73. The average Bonchev–Trinajstić information content (AvgIpc) is 2.84. The van der Waals surface area contributed by atoms with Crippen LogP contribution in [-0.2, 0) is 9.53 Å². The molecule has 7 heteroatoms. The van der Waals surface area contributed by atoms with Gasteiger partial charge in [-0.2, -0.15) is 0 Å². The maximum absolute atomic E-state index is 13.6. The summed E-state index contributed by atoms with van der Waals surface area (Å²) in [5.74, 6) is -3.85. The summed E-state index contributed by atoms with van der Waals surface area (Å²) >= 11 is 0. The van der Waals surface area contributed by atoms with Crippen LogP contribution in [0.2, 0.25) is 0 Å². The Kier molecular flexibility index (Phi) is 4.22. The Morgan fingerprint density at radius 1 is 1.38 bits per heavy atom. The monoisotopic (exact) mass is 299 g/mol. The molecule has 1 N–H and O–H groups in total. The highest BCUT2D eigenvalue weighted by Crippen LogP contribution is 2.32. The number of halogens is 2. The standard InChI is InChI=1S/C14H15F2NO4/c1-21-8-14(13(19)20)5-6-17(7-14)12(18)11-9(15)3-2-4-10(11)16/h2-4H,5-8H2,1H3,(H,19,20). The molecule has 1 heterocycles. The van der Waals surface area contributed by atoms with Crippen molar-refractivity contribution in [2.45, 2.75) is 6.42 Å². The molecule has 114 valence electrons. The number of benzene rings is 1.